The highest BCUT2D eigenvalue weighted by Gasteiger charge is 2.15. The summed E-state index contributed by atoms with van der Waals surface area (Å²) < 4.78 is 26.2. The fraction of sp³-hybridized carbons (Fsp3) is 0. The van der Waals surface area contributed by atoms with Crippen molar-refractivity contribution in [3.63, 3.8) is 0 Å². The third kappa shape index (κ3) is 3.05. The second-order valence-electron chi connectivity index (χ2n) is 3.56. The van der Waals surface area contributed by atoms with E-state index in [-0.39, 0.29) is 16.1 Å². The molecule has 98 valence electrons. The van der Waals surface area contributed by atoms with Gasteiger partial charge in [-0.15, -0.1) is 0 Å². The Bertz CT molecular complexity index is 684. The number of anilines is 1. The minimum atomic E-state index is -3.78. The summed E-state index contributed by atoms with van der Waals surface area (Å²) in [6.45, 7) is 0. The summed E-state index contributed by atoms with van der Waals surface area (Å²) >= 11 is 0. The van der Waals surface area contributed by atoms with Crippen LogP contribution >= 0.6 is 0 Å². The first-order chi connectivity index (χ1) is 8.99. The molecule has 8 heteroatoms. The quantitative estimate of drug-likeness (QED) is 0.863. The van der Waals surface area contributed by atoms with Gasteiger partial charge in [-0.25, -0.2) is 23.2 Å². The SMILES string of the molecule is O=C(O)c1ccc(S(=O)(=O)Nc2cncnc2)cc1. The topological polar surface area (TPSA) is 109 Å². The van der Waals surface area contributed by atoms with Gasteiger partial charge in [0.15, 0.2) is 0 Å². The average molecular weight is 279 g/mol. The van der Waals surface area contributed by atoms with E-state index in [1.54, 1.807) is 0 Å². The van der Waals surface area contributed by atoms with Gasteiger partial charge < -0.3 is 5.11 Å². The van der Waals surface area contributed by atoms with E-state index >= 15 is 0 Å². The maximum absolute atomic E-state index is 12.0. The second kappa shape index (κ2) is 5.02. The van der Waals surface area contributed by atoms with Crippen LogP contribution in [0.4, 0.5) is 5.69 Å². The van der Waals surface area contributed by atoms with Crippen LogP contribution in [-0.4, -0.2) is 29.5 Å². The number of hydrogen-bond donors (Lipinski definition) is 2. The molecule has 0 unspecified atom stereocenters. The van der Waals surface area contributed by atoms with Gasteiger partial charge in [-0.05, 0) is 24.3 Å². The second-order valence-corrected chi connectivity index (χ2v) is 5.24. The molecule has 0 saturated heterocycles. The summed E-state index contributed by atoms with van der Waals surface area (Å²) in [5.41, 5.74) is 0.242. The first kappa shape index (κ1) is 13.0. The summed E-state index contributed by atoms with van der Waals surface area (Å²) in [4.78, 5) is 18.0. The lowest BCUT2D eigenvalue weighted by Crippen LogP contribution is -2.13. The lowest BCUT2D eigenvalue weighted by atomic mass is 10.2. The Hall–Kier alpha value is -2.48. The Labute approximate surface area is 109 Å². The zero-order chi connectivity index (χ0) is 13.9. The van der Waals surface area contributed by atoms with Gasteiger partial charge in [-0.2, -0.15) is 0 Å². The number of benzene rings is 1. The van der Waals surface area contributed by atoms with Gasteiger partial charge in [-0.3, -0.25) is 4.72 Å². The molecular weight excluding hydrogens is 270 g/mol. The van der Waals surface area contributed by atoms with Crippen LogP contribution in [0.15, 0.2) is 47.9 Å². The number of nitrogens with one attached hydrogen (secondary N) is 1. The number of nitrogens with zero attached hydrogens (tertiary/aromatic N) is 2. The standard InChI is InChI=1S/C11H9N3O4S/c15-11(16)8-1-3-10(4-2-8)19(17,18)14-9-5-12-7-13-6-9/h1-7,14H,(H,15,16). The Morgan fingerprint density at radius 3 is 2.21 bits per heavy atom. The largest absolute Gasteiger partial charge is 0.478 e. The molecule has 1 aromatic carbocycles. The predicted octanol–water partition coefficient (Wildman–Crippen LogP) is 0.976. The lowest BCUT2D eigenvalue weighted by Gasteiger charge is -2.07. The van der Waals surface area contributed by atoms with Crippen LogP contribution in [0.2, 0.25) is 0 Å². The number of carboxylic acids is 1. The van der Waals surface area contributed by atoms with Crippen LogP contribution in [0.25, 0.3) is 0 Å². The molecule has 0 atom stereocenters. The third-order valence-electron chi connectivity index (χ3n) is 2.22. The molecule has 1 aromatic heterocycles. The number of carbonyl (C=O) groups is 1. The summed E-state index contributed by atoms with van der Waals surface area (Å²) in [5, 5.41) is 8.73. The molecule has 2 aromatic rings. The van der Waals surface area contributed by atoms with Crippen molar-refractivity contribution in [3.05, 3.63) is 48.5 Å². The molecule has 0 aliphatic rings. The smallest absolute Gasteiger partial charge is 0.335 e. The number of sulfonamides is 1. The van der Waals surface area contributed by atoms with Crippen LogP contribution in [0.3, 0.4) is 0 Å². The molecule has 0 radical (unpaired) electrons. The molecule has 2 rings (SSSR count). The molecule has 0 bridgehead atoms. The van der Waals surface area contributed by atoms with Gasteiger partial charge in [0, 0.05) is 0 Å². The normalized spacial score (nSPS) is 10.9. The molecule has 0 spiro atoms. The van der Waals surface area contributed by atoms with Crippen molar-refractivity contribution in [1.29, 1.82) is 0 Å². The Kier molecular flexibility index (Phi) is 3.43. The van der Waals surface area contributed by atoms with E-state index < -0.39 is 16.0 Å². The van der Waals surface area contributed by atoms with Crippen molar-refractivity contribution >= 4 is 21.7 Å². The van der Waals surface area contributed by atoms with Crippen molar-refractivity contribution in [2.24, 2.45) is 0 Å². The predicted molar refractivity (Wildman–Crippen MR) is 66.2 cm³/mol. The van der Waals surface area contributed by atoms with Crippen LogP contribution in [0.5, 0.6) is 0 Å². The first-order valence-electron chi connectivity index (χ1n) is 5.10. The van der Waals surface area contributed by atoms with E-state index in [1.165, 1.54) is 43.0 Å². The molecule has 1 heterocycles. The van der Waals surface area contributed by atoms with Crippen molar-refractivity contribution in [2.45, 2.75) is 4.90 Å². The number of rotatable bonds is 4. The van der Waals surface area contributed by atoms with Crippen LogP contribution < -0.4 is 4.72 Å². The molecule has 2 N–H and O–H groups in total. The van der Waals surface area contributed by atoms with Gasteiger partial charge in [0.1, 0.15) is 6.33 Å². The van der Waals surface area contributed by atoms with Crippen molar-refractivity contribution < 1.29 is 18.3 Å². The number of aromatic nitrogens is 2. The summed E-state index contributed by atoms with van der Waals surface area (Å²) in [7, 11) is -3.78. The summed E-state index contributed by atoms with van der Waals surface area (Å²) in [6, 6.07) is 4.88. The minimum absolute atomic E-state index is 0.0157. The van der Waals surface area contributed by atoms with Crippen molar-refractivity contribution in [2.75, 3.05) is 4.72 Å². The van der Waals surface area contributed by atoms with Crippen LogP contribution in [0.1, 0.15) is 10.4 Å². The number of carboxylic acid groups (broad SMARTS) is 1. The molecule has 19 heavy (non-hydrogen) atoms. The highest BCUT2D eigenvalue weighted by molar-refractivity contribution is 7.92. The maximum atomic E-state index is 12.0. The monoisotopic (exact) mass is 279 g/mol. The maximum Gasteiger partial charge on any atom is 0.335 e. The molecule has 0 saturated carbocycles. The van der Waals surface area contributed by atoms with Gasteiger partial charge in [0.25, 0.3) is 10.0 Å². The Morgan fingerprint density at radius 2 is 1.68 bits per heavy atom. The van der Waals surface area contributed by atoms with E-state index in [2.05, 4.69) is 14.7 Å². The van der Waals surface area contributed by atoms with E-state index in [0.29, 0.717) is 0 Å². The lowest BCUT2D eigenvalue weighted by molar-refractivity contribution is 0.0697. The Morgan fingerprint density at radius 1 is 1.11 bits per heavy atom. The van der Waals surface area contributed by atoms with Gasteiger partial charge >= 0.3 is 5.97 Å². The Balaban J connectivity index is 2.27. The molecule has 7 nitrogen and oxygen atoms in total. The molecular formula is C11H9N3O4S. The van der Waals surface area contributed by atoms with Gasteiger partial charge in [0.05, 0.1) is 28.5 Å². The molecule has 0 aliphatic heterocycles. The van der Waals surface area contributed by atoms with Gasteiger partial charge in [-0.1, -0.05) is 0 Å². The fourth-order valence-corrected chi connectivity index (χ4v) is 2.37. The minimum Gasteiger partial charge on any atom is -0.478 e. The van der Waals surface area contributed by atoms with E-state index in [9.17, 15) is 13.2 Å². The van der Waals surface area contributed by atoms with Crippen LogP contribution in [0, 0.1) is 0 Å². The fourth-order valence-electron chi connectivity index (χ4n) is 1.34. The van der Waals surface area contributed by atoms with E-state index in [0.717, 1.165) is 0 Å². The highest BCUT2D eigenvalue weighted by atomic mass is 32.2. The van der Waals surface area contributed by atoms with Crippen molar-refractivity contribution in [1.82, 2.24) is 9.97 Å². The van der Waals surface area contributed by atoms with E-state index in [1.807, 2.05) is 0 Å². The van der Waals surface area contributed by atoms with Gasteiger partial charge in [0.2, 0.25) is 0 Å². The zero-order valence-corrected chi connectivity index (χ0v) is 10.3. The summed E-state index contributed by atoms with van der Waals surface area (Å²) in [6.07, 6.45) is 3.91. The zero-order valence-electron chi connectivity index (χ0n) is 9.52. The van der Waals surface area contributed by atoms with E-state index in [4.69, 9.17) is 5.11 Å². The number of hydrogen-bond acceptors (Lipinski definition) is 5. The number of aromatic carboxylic acids is 1. The average Bonchev–Trinajstić information content (AvgIpc) is 2.39. The molecule has 0 aliphatic carbocycles. The summed E-state index contributed by atoms with van der Waals surface area (Å²) in [5.74, 6) is -1.12. The van der Waals surface area contributed by atoms with Crippen LogP contribution in [-0.2, 0) is 10.0 Å². The first-order valence-corrected chi connectivity index (χ1v) is 6.58. The van der Waals surface area contributed by atoms with Crippen molar-refractivity contribution in [3.8, 4) is 0 Å². The highest BCUT2D eigenvalue weighted by Crippen LogP contribution is 2.15. The molecule has 0 fully saturated rings. The third-order valence-corrected chi connectivity index (χ3v) is 3.62. The molecule has 0 amide bonds.